The average molecular weight is 540 g/mol. The predicted molar refractivity (Wildman–Crippen MR) is 130 cm³/mol. The maximum absolute atomic E-state index is 6.24. The van der Waals surface area contributed by atoms with E-state index in [0.29, 0.717) is 28.2 Å². The van der Waals surface area contributed by atoms with E-state index >= 15 is 0 Å². The standard InChI is InChI=1S/C23H20Cl2INO2/c1-14-4-5-15(2)21(8-14)27-12-16-9-20(26)23(22(10-16)28-3)29-13-17-6-7-18(24)11-19(17)25/h4-12H,13H2,1-3H3. The highest BCUT2D eigenvalue weighted by Crippen LogP contribution is 2.35. The van der Waals surface area contributed by atoms with E-state index in [4.69, 9.17) is 32.7 Å². The fourth-order valence-corrected chi connectivity index (χ4v) is 3.99. The number of hydrogen-bond acceptors (Lipinski definition) is 3. The minimum atomic E-state index is 0.318. The molecule has 0 aliphatic heterocycles. The van der Waals surface area contributed by atoms with Crippen molar-refractivity contribution in [2.24, 2.45) is 4.99 Å². The summed E-state index contributed by atoms with van der Waals surface area (Å²) in [5, 5.41) is 1.17. The number of halogens is 3. The topological polar surface area (TPSA) is 30.8 Å². The third-order valence-corrected chi connectivity index (χ3v) is 5.74. The van der Waals surface area contributed by atoms with Crippen LogP contribution in [0.15, 0.2) is 53.5 Å². The zero-order valence-corrected chi connectivity index (χ0v) is 20.0. The molecule has 3 nitrogen and oxygen atoms in total. The first-order chi connectivity index (χ1) is 13.9. The minimum Gasteiger partial charge on any atom is -0.493 e. The van der Waals surface area contributed by atoms with Gasteiger partial charge in [0.15, 0.2) is 11.5 Å². The van der Waals surface area contributed by atoms with Crippen molar-refractivity contribution in [3.63, 3.8) is 0 Å². The van der Waals surface area contributed by atoms with Crippen molar-refractivity contribution in [1.29, 1.82) is 0 Å². The first-order valence-electron chi connectivity index (χ1n) is 8.93. The Kier molecular flexibility index (Phi) is 7.44. The third kappa shape index (κ3) is 5.65. The molecule has 0 bridgehead atoms. The van der Waals surface area contributed by atoms with Gasteiger partial charge in [0.25, 0.3) is 0 Å². The molecule has 6 heteroatoms. The lowest BCUT2D eigenvalue weighted by Crippen LogP contribution is -2.01. The summed E-state index contributed by atoms with van der Waals surface area (Å²) in [6.07, 6.45) is 1.84. The fourth-order valence-electron chi connectivity index (χ4n) is 2.75. The number of rotatable bonds is 6. The maximum Gasteiger partial charge on any atom is 0.174 e. The van der Waals surface area contributed by atoms with Gasteiger partial charge < -0.3 is 9.47 Å². The lowest BCUT2D eigenvalue weighted by molar-refractivity contribution is 0.282. The van der Waals surface area contributed by atoms with Crippen LogP contribution in [0.3, 0.4) is 0 Å². The molecule has 0 aliphatic carbocycles. The molecule has 3 rings (SSSR count). The van der Waals surface area contributed by atoms with E-state index in [2.05, 4.69) is 59.6 Å². The lowest BCUT2D eigenvalue weighted by atomic mass is 10.1. The summed E-state index contributed by atoms with van der Waals surface area (Å²) in [7, 11) is 1.62. The summed E-state index contributed by atoms with van der Waals surface area (Å²) in [6.45, 7) is 4.43. The number of benzene rings is 3. The van der Waals surface area contributed by atoms with E-state index in [9.17, 15) is 0 Å². The Labute approximate surface area is 194 Å². The third-order valence-electron chi connectivity index (χ3n) is 4.36. The van der Waals surface area contributed by atoms with Gasteiger partial charge >= 0.3 is 0 Å². The zero-order valence-electron chi connectivity index (χ0n) is 16.3. The molecule has 150 valence electrons. The highest BCUT2D eigenvalue weighted by Gasteiger charge is 2.12. The van der Waals surface area contributed by atoms with E-state index in [0.717, 1.165) is 25.9 Å². The molecule has 0 unspecified atom stereocenters. The number of methoxy groups -OCH3 is 1. The molecule has 0 heterocycles. The number of hydrogen-bond donors (Lipinski definition) is 0. The highest BCUT2D eigenvalue weighted by atomic mass is 127. The van der Waals surface area contributed by atoms with Crippen molar-refractivity contribution < 1.29 is 9.47 Å². The van der Waals surface area contributed by atoms with Gasteiger partial charge in [-0.05, 0) is 83.5 Å². The normalized spacial score (nSPS) is 11.1. The molecule has 0 aliphatic rings. The summed E-state index contributed by atoms with van der Waals surface area (Å²) in [4.78, 5) is 4.64. The molecule has 0 N–H and O–H groups in total. The van der Waals surface area contributed by atoms with Gasteiger partial charge in [-0.1, -0.05) is 41.4 Å². The Hall–Kier alpha value is -1.76. The molecule has 0 aromatic heterocycles. The Morgan fingerprint density at radius 2 is 1.83 bits per heavy atom. The van der Waals surface area contributed by atoms with Crippen LogP contribution in [0.25, 0.3) is 0 Å². The summed E-state index contributed by atoms with van der Waals surface area (Å²) >= 11 is 14.4. The van der Waals surface area contributed by atoms with Gasteiger partial charge in [-0.15, -0.1) is 0 Å². The van der Waals surface area contributed by atoms with Crippen LogP contribution in [-0.2, 0) is 6.61 Å². The van der Waals surface area contributed by atoms with Gasteiger partial charge in [-0.25, -0.2) is 0 Å². The zero-order chi connectivity index (χ0) is 21.0. The van der Waals surface area contributed by atoms with E-state index in [1.54, 1.807) is 19.2 Å². The van der Waals surface area contributed by atoms with E-state index in [-0.39, 0.29) is 0 Å². The number of aryl methyl sites for hydroxylation is 2. The van der Waals surface area contributed by atoms with E-state index in [1.807, 2.05) is 24.4 Å². The summed E-state index contributed by atoms with van der Waals surface area (Å²) in [5.74, 6) is 1.31. The van der Waals surface area contributed by atoms with Crippen molar-refractivity contribution in [2.45, 2.75) is 20.5 Å². The van der Waals surface area contributed by atoms with Gasteiger partial charge in [-0.2, -0.15) is 0 Å². The molecule has 29 heavy (non-hydrogen) atoms. The maximum atomic E-state index is 6.24. The van der Waals surface area contributed by atoms with Crippen LogP contribution >= 0.6 is 45.8 Å². The Balaban J connectivity index is 1.83. The molecule has 3 aromatic rings. The molecular weight excluding hydrogens is 520 g/mol. The van der Waals surface area contributed by atoms with Gasteiger partial charge in [0.1, 0.15) is 6.61 Å². The second-order valence-electron chi connectivity index (χ2n) is 6.61. The van der Waals surface area contributed by atoms with Gasteiger partial charge in [0, 0.05) is 21.8 Å². The molecule has 0 saturated carbocycles. The second-order valence-corrected chi connectivity index (χ2v) is 8.61. The molecule has 0 atom stereocenters. The minimum absolute atomic E-state index is 0.318. The lowest BCUT2D eigenvalue weighted by Gasteiger charge is -2.14. The van der Waals surface area contributed by atoms with Crippen molar-refractivity contribution >= 4 is 57.7 Å². The first kappa shape index (κ1) is 21.9. The van der Waals surface area contributed by atoms with Crippen LogP contribution in [0.1, 0.15) is 22.3 Å². The molecule has 3 aromatic carbocycles. The molecule has 0 amide bonds. The van der Waals surface area contributed by atoms with Crippen molar-refractivity contribution in [2.75, 3.05) is 7.11 Å². The van der Waals surface area contributed by atoms with Gasteiger partial charge in [-0.3, -0.25) is 4.99 Å². The molecular formula is C23H20Cl2INO2. The quantitative estimate of drug-likeness (QED) is 0.239. The smallest absolute Gasteiger partial charge is 0.174 e. The SMILES string of the molecule is COc1cc(C=Nc2cc(C)ccc2C)cc(I)c1OCc1ccc(Cl)cc1Cl. The Morgan fingerprint density at radius 1 is 1.03 bits per heavy atom. The van der Waals surface area contributed by atoms with Crippen LogP contribution in [0, 0.1) is 17.4 Å². The van der Waals surface area contributed by atoms with Crippen LogP contribution in [-0.4, -0.2) is 13.3 Å². The monoisotopic (exact) mass is 539 g/mol. The molecule has 0 saturated heterocycles. The van der Waals surface area contributed by atoms with Crippen LogP contribution in [0.5, 0.6) is 11.5 Å². The van der Waals surface area contributed by atoms with Gasteiger partial charge in [0.2, 0.25) is 0 Å². The highest BCUT2D eigenvalue weighted by molar-refractivity contribution is 14.1. The van der Waals surface area contributed by atoms with Crippen molar-refractivity contribution in [3.8, 4) is 11.5 Å². The van der Waals surface area contributed by atoms with Crippen LogP contribution < -0.4 is 9.47 Å². The number of ether oxygens (including phenoxy) is 2. The van der Waals surface area contributed by atoms with Gasteiger partial charge in [0.05, 0.1) is 16.4 Å². The fraction of sp³-hybridized carbons (Fsp3) is 0.174. The first-order valence-corrected chi connectivity index (χ1v) is 10.8. The number of nitrogens with zero attached hydrogens (tertiary/aromatic N) is 1. The van der Waals surface area contributed by atoms with Crippen molar-refractivity contribution in [1.82, 2.24) is 0 Å². The number of aliphatic imine (C=N–C) groups is 1. The average Bonchev–Trinajstić information content (AvgIpc) is 2.68. The van der Waals surface area contributed by atoms with E-state index in [1.165, 1.54) is 5.56 Å². The summed E-state index contributed by atoms with van der Waals surface area (Å²) in [6, 6.07) is 15.5. The Bertz CT molecular complexity index is 1070. The molecule has 0 fully saturated rings. The second kappa shape index (κ2) is 9.83. The van der Waals surface area contributed by atoms with Crippen LogP contribution in [0.4, 0.5) is 5.69 Å². The summed E-state index contributed by atoms with van der Waals surface area (Å²) < 4.78 is 12.5. The van der Waals surface area contributed by atoms with E-state index < -0.39 is 0 Å². The largest absolute Gasteiger partial charge is 0.493 e. The predicted octanol–water partition coefficient (Wildman–Crippen LogP) is 7.55. The van der Waals surface area contributed by atoms with Crippen LogP contribution in [0.2, 0.25) is 10.0 Å². The van der Waals surface area contributed by atoms with Crippen molar-refractivity contribution in [3.05, 3.63) is 84.4 Å². The molecule has 0 spiro atoms. The molecule has 0 radical (unpaired) electrons. The Morgan fingerprint density at radius 3 is 2.55 bits per heavy atom. The summed E-state index contributed by atoms with van der Waals surface area (Å²) in [5.41, 5.74) is 5.06.